The van der Waals surface area contributed by atoms with Gasteiger partial charge in [-0.1, -0.05) is 24.8 Å². The van der Waals surface area contributed by atoms with Crippen LogP contribution in [0.15, 0.2) is 30.9 Å². The number of aromatic nitrogens is 1. The number of benzene rings is 1. The third-order valence-corrected chi connectivity index (χ3v) is 7.10. The van der Waals surface area contributed by atoms with Crippen LogP contribution in [0, 0.1) is 13.8 Å². The molecule has 168 valence electrons. The Labute approximate surface area is 192 Å². The molecule has 0 fully saturated rings. The highest BCUT2D eigenvalue weighted by Crippen LogP contribution is 2.47. The molecule has 6 heteroatoms. The summed E-state index contributed by atoms with van der Waals surface area (Å²) in [6.07, 6.45) is 4.95. The number of hydrogen-bond acceptors (Lipinski definition) is 5. The lowest BCUT2D eigenvalue weighted by Gasteiger charge is -2.23. The van der Waals surface area contributed by atoms with Crippen LogP contribution >= 0.6 is 11.3 Å². The number of pyridine rings is 1. The van der Waals surface area contributed by atoms with Crippen LogP contribution < -0.4 is 4.74 Å². The largest absolute Gasteiger partial charge is 0.489 e. The summed E-state index contributed by atoms with van der Waals surface area (Å²) < 4.78 is 11.8. The number of thiophene rings is 1. The van der Waals surface area contributed by atoms with Gasteiger partial charge in [-0.15, -0.1) is 11.3 Å². The number of aliphatic carboxylic acids is 1. The van der Waals surface area contributed by atoms with Crippen LogP contribution in [0.5, 0.6) is 5.75 Å². The highest BCUT2D eigenvalue weighted by atomic mass is 32.1. The first-order valence-corrected chi connectivity index (χ1v) is 11.9. The van der Waals surface area contributed by atoms with E-state index < -0.39 is 12.1 Å². The van der Waals surface area contributed by atoms with E-state index >= 15 is 0 Å². The van der Waals surface area contributed by atoms with E-state index in [2.05, 4.69) is 6.58 Å². The van der Waals surface area contributed by atoms with Gasteiger partial charge in [0.1, 0.15) is 17.2 Å². The second-order valence-corrected chi connectivity index (χ2v) is 9.23. The van der Waals surface area contributed by atoms with Gasteiger partial charge in [-0.2, -0.15) is 0 Å². The Morgan fingerprint density at radius 2 is 2.09 bits per heavy atom. The third-order valence-electron chi connectivity index (χ3n) is 5.91. The lowest BCUT2D eigenvalue weighted by Crippen LogP contribution is -2.18. The molecule has 1 unspecified atom stereocenters. The van der Waals surface area contributed by atoms with Gasteiger partial charge in [-0.05, 0) is 63.6 Å². The molecule has 0 radical (unpaired) electrons. The maximum atomic E-state index is 12.3. The topological polar surface area (TPSA) is 68.7 Å². The number of carbonyl (C=O) groups is 1. The van der Waals surface area contributed by atoms with Gasteiger partial charge >= 0.3 is 5.97 Å². The van der Waals surface area contributed by atoms with E-state index in [0.717, 1.165) is 51.9 Å². The van der Waals surface area contributed by atoms with E-state index in [0.29, 0.717) is 24.5 Å². The summed E-state index contributed by atoms with van der Waals surface area (Å²) in [5, 5.41) is 11.1. The van der Waals surface area contributed by atoms with Crippen molar-refractivity contribution in [2.75, 3.05) is 13.2 Å². The first-order chi connectivity index (χ1) is 15.5. The second-order valence-electron chi connectivity index (χ2n) is 8.15. The van der Waals surface area contributed by atoms with Gasteiger partial charge in [0.05, 0.1) is 0 Å². The summed E-state index contributed by atoms with van der Waals surface area (Å²) in [6, 6.07) is 6.07. The van der Waals surface area contributed by atoms with Gasteiger partial charge in [0.25, 0.3) is 0 Å². The lowest BCUT2D eigenvalue weighted by molar-refractivity contribution is -0.150. The zero-order valence-electron chi connectivity index (χ0n) is 18.9. The van der Waals surface area contributed by atoms with E-state index in [9.17, 15) is 9.90 Å². The fourth-order valence-corrected chi connectivity index (χ4v) is 5.88. The summed E-state index contributed by atoms with van der Waals surface area (Å²) >= 11 is 1.74. The number of rotatable bonds is 8. The molecule has 0 aliphatic heterocycles. The standard InChI is InChI=1S/C26H29NO4S/c1-5-13-31-19-14-15(3)11-12-17(19)22-21(24(26(28)29)30-6-2)16(4)27-25-23(22)18-9-7-8-10-20(18)32-25/h5,11-12,14,24H,1,6-10,13H2,2-4H3,(H,28,29). The number of hydrogen-bond donors (Lipinski definition) is 1. The molecule has 0 saturated heterocycles. The Kier molecular flexibility index (Phi) is 6.63. The highest BCUT2D eigenvalue weighted by Gasteiger charge is 2.32. The highest BCUT2D eigenvalue weighted by molar-refractivity contribution is 7.19. The molecule has 0 spiro atoms. The van der Waals surface area contributed by atoms with Crippen LogP contribution in [0.3, 0.4) is 0 Å². The zero-order chi connectivity index (χ0) is 22.8. The monoisotopic (exact) mass is 451 g/mol. The minimum Gasteiger partial charge on any atom is -0.489 e. The van der Waals surface area contributed by atoms with Crippen LogP contribution in [-0.2, 0) is 22.4 Å². The average molecular weight is 452 g/mol. The minimum atomic E-state index is -1.10. The summed E-state index contributed by atoms with van der Waals surface area (Å²) in [5.74, 6) is -0.295. The van der Waals surface area contributed by atoms with Crippen LogP contribution in [-0.4, -0.2) is 29.3 Å². The van der Waals surface area contributed by atoms with Crippen LogP contribution in [0.1, 0.15) is 53.1 Å². The van der Waals surface area contributed by atoms with Gasteiger partial charge in [0.2, 0.25) is 0 Å². The average Bonchev–Trinajstić information content (AvgIpc) is 3.13. The Morgan fingerprint density at radius 3 is 2.81 bits per heavy atom. The third kappa shape index (κ3) is 4.05. The fraction of sp³-hybridized carbons (Fsp3) is 0.385. The molecular formula is C26H29NO4S. The molecule has 3 aromatic rings. The van der Waals surface area contributed by atoms with Crippen LogP contribution in [0.25, 0.3) is 21.3 Å². The number of fused-ring (bicyclic) bond motifs is 3. The van der Waals surface area contributed by atoms with Crippen molar-refractivity contribution >= 4 is 27.5 Å². The molecule has 2 aromatic heterocycles. The number of carboxylic acids is 1. The van der Waals surface area contributed by atoms with Crippen molar-refractivity contribution in [3.05, 3.63) is 58.1 Å². The number of carboxylic acid groups (broad SMARTS) is 1. The lowest BCUT2D eigenvalue weighted by atomic mass is 9.87. The van der Waals surface area contributed by atoms with E-state index in [1.807, 2.05) is 39.0 Å². The Balaban J connectivity index is 2.11. The molecule has 2 heterocycles. The quantitative estimate of drug-likeness (QED) is 0.414. The number of aryl methyl sites for hydroxylation is 4. The van der Waals surface area contributed by atoms with Gasteiger partial charge in [-0.25, -0.2) is 9.78 Å². The Hall–Kier alpha value is -2.70. The fourth-order valence-electron chi connectivity index (χ4n) is 4.57. The van der Waals surface area contributed by atoms with Crippen molar-refractivity contribution in [3.8, 4) is 16.9 Å². The Morgan fingerprint density at radius 1 is 1.31 bits per heavy atom. The summed E-state index contributed by atoms with van der Waals surface area (Å²) in [7, 11) is 0. The van der Waals surface area contributed by atoms with Crippen molar-refractivity contribution in [1.29, 1.82) is 0 Å². The molecule has 1 aliphatic rings. The molecule has 1 atom stereocenters. The van der Waals surface area contributed by atoms with Crippen molar-refractivity contribution in [1.82, 2.24) is 4.98 Å². The molecule has 0 amide bonds. The van der Waals surface area contributed by atoms with E-state index in [-0.39, 0.29) is 0 Å². The molecule has 1 N–H and O–H groups in total. The van der Waals surface area contributed by atoms with Crippen molar-refractivity contribution in [2.24, 2.45) is 0 Å². The molecule has 4 rings (SSSR count). The van der Waals surface area contributed by atoms with Crippen molar-refractivity contribution < 1.29 is 19.4 Å². The van der Waals surface area contributed by atoms with Crippen molar-refractivity contribution in [2.45, 2.75) is 52.6 Å². The molecular weight excluding hydrogens is 422 g/mol. The van der Waals surface area contributed by atoms with Crippen molar-refractivity contribution in [3.63, 3.8) is 0 Å². The number of ether oxygens (including phenoxy) is 2. The summed E-state index contributed by atoms with van der Waals surface area (Å²) in [5.41, 5.74) is 5.43. The van der Waals surface area contributed by atoms with E-state index in [1.54, 1.807) is 17.4 Å². The van der Waals surface area contributed by atoms with Gasteiger partial charge in [0.15, 0.2) is 6.10 Å². The van der Waals surface area contributed by atoms with E-state index in [1.165, 1.54) is 16.9 Å². The SMILES string of the molecule is C=CCOc1cc(C)ccc1-c1c(C(OCC)C(=O)O)c(C)nc2sc3c(c12)CCCC3. The minimum absolute atomic E-state index is 0.295. The molecule has 0 bridgehead atoms. The normalized spacial score (nSPS) is 14.2. The first kappa shape index (κ1) is 22.5. The van der Waals surface area contributed by atoms with E-state index in [4.69, 9.17) is 14.5 Å². The molecule has 0 saturated carbocycles. The molecule has 1 aliphatic carbocycles. The van der Waals surface area contributed by atoms with Gasteiger partial charge in [0, 0.05) is 39.3 Å². The molecule has 5 nitrogen and oxygen atoms in total. The smallest absolute Gasteiger partial charge is 0.337 e. The molecule has 32 heavy (non-hydrogen) atoms. The van der Waals surface area contributed by atoms with Crippen LogP contribution in [0.2, 0.25) is 0 Å². The summed E-state index contributed by atoms with van der Waals surface area (Å²) in [6.45, 7) is 10.2. The predicted molar refractivity (Wildman–Crippen MR) is 129 cm³/mol. The summed E-state index contributed by atoms with van der Waals surface area (Å²) in [4.78, 5) is 19.5. The predicted octanol–water partition coefficient (Wildman–Crippen LogP) is 6.19. The maximum Gasteiger partial charge on any atom is 0.337 e. The van der Waals surface area contributed by atoms with Crippen LogP contribution in [0.4, 0.5) is 0 Å². The molecule has 1 aromatic carbocycles. The zero-order valence-corrected chi connectivity index (χ0v) is 19.7. The Bertz CT molecular complexity index is 1180. The van der Waals surface area contributed by atoms with Gasteiger partial charge in [-0.3, -0.25) is 0 Å². The maximum absolute atomic E-state index is 12.3. The number of nitrogens with zero attached hydrogens (tertiary/aromatic N) is 1. The van der Waals surface area contributed by atoms with Gasteiger partial charge < -0.3 is 14.6 Å². The first-order valence-electron chi connectivity index (χ1n) is 11.1. The second kappa shape index (κ2) is 9.43.